The van der Waals surface area contributed by atoms with E-state index in [0.29, 0.717) is 40.8 Å². The zero-order valence-corrected chi connectivity index (χ0v) is 24.6. The van der Waals surface area contributed by atoms with Gasteiger partial charge in [0.05, 0.1) is 19.8 Å². The molecule has 0 radical (unpaired) electrons. The number of aromatic nitrogens is 3. The molecule has 4 aromatic rings. The molecular formula is C29H33ClN4O7. The number of rotatable bonds is 7. The van der Waals surface area contributed by atoms with Gasteiger partial charge in [0.25, 0.3) is 5.89 Å². The van der Waals surface area contributed by atoms with Crippen molar-refractivity contribution >= 4 is 28.7 Å². The Morgan fingerprint density at radius 2 is 1.83 bits per heavy atom. The van der Waals surface area contributed by atoms with Gasteiger partial charge >= 0.3 is 6.09 Å². The molecule has 1 aliphatic rings. The summed E-state index contributed by atoms with van der Waals surface area (Å²) in [5.74, 6) is 0.691. The number of halogens is 1. The first kappa shape index (κ1) is 28.8. The molecule has 0 saturated carbocycles. The fourth-order valence-corrected chi connectivity index (χ4v) is 4.41. The fourth-order valence-electron chi connectivity index (χ4n) is 4.21. The van der Waals surface area contributed by atoms with Crippen LogP contribution in [-0.4, -0.2) is 52.4 Å². The van der Waals surface area contributed by atoms with Gasteiger partial charge in [-0.15, -0.1) is 0 Å². The third-order valence-corrected chi connectivity index (χ3v) is 6.41. The second kappa shape index (κ2) is 11.0. The summed E-state index contributed by atoms with van der Waals surface area (Å²) in [6.07, 6.45) is 0.229. The SMILES string of the molecule is CCCOc1cc(-c2nc(-c3ccc4oc(C5(NC(=O)OC(C)(C)C)COC(C)(C)OC5)cc4c3)no2)cc(Cl)n1. The number of ether oxygens (including phenoxy) is 4. The molecule has 3 aromatic heterocycles. The zero-order valence-electron chi connectivity index (χ0n) is 23.9. The number of nitrogens with zero attached hydrogens (tertiary/aromatic N) is 3. The number of hydrogen-bond donors (Lipinski definition) is 1. The Morgan fingerprint density at radius 1 is 1.07 bits per heavy atom. The number of nitrogens with one attached hydrogen (secondary N) is 1. The van der Waals surface area contributed by atoms with Crippen LogP contribution in [0.25, 0.3) is 33.8 Å². The van der Waals surface area contributed by atoms with Gasteiger partial charge in [-0.1, -0.05) is 23.7 Å². The van der Waals surface area contributed by atoms with E-state index in [1.165, 1.54) is 0 Å². The molecule has 0 atom stereocenters. The minimum Gasteiger partial charge on any atom is -0.478 e. The number of amides is 1. The van der Waals surface area contributed by atoms with Crippen molar-refractivity contribution in [2.75, 3.05) is 19.8 Å². The molecular weight excluding hydrogens is 552 g/mol. The number of alkyl carbamates (subject to hydrolysis) is 1. The maximum absolute atomic E-state index is 12.8. The summed E-state index contributed by atoms with van der Waals surface area (Å²) in [7, 11) is 0. The van der Waals surface area contributed by atoms with E-state index in [0.717, 1.165) is 11.8 Å². The van der Waals surface area contributed by atoms with E-state index in [9.17, 15) is 4.79 Å². The maximum atomic E-state index is 12.8. The number of pyridine rings is 1. The van der Waals surface area contributed by atoms with Crippen molar-refractivity contribution < 1.29 is 32.7 Å². The highest BCUT2D eigenvalue weighted by molar-refractivity contribution is 6.29. The van der Waals surface area contributed by atoms with Crippen molar-refractivity contribution in [2.24, 2.45) is 0 Å². The van der Waals surface area contributed by atoms with E-state index in [4.69, 9.17) is 39.5 Å². The predicted octanol–water partition coefficient (Wildman–Crippen LogP) is 6.49. The normalized spacial score (nSPS) is 16.5. The lowest BCUT2D eigenvalue weighted by Crippen LogP contribution is -2.59. The maximum Gasteiger partial charge on any atom is 0.408 e. The van der Waals surface area contributed by atoms with Crippen LogP contribution in [0.4, 0.5) is 4.79 Å². The van der Waals surface area contributed by atoms with Gasteiger partial charge in [0.15, 0.2) is 5.79 Å². The zero-order chi connectivity index (χ0) is 29.4. The first-order chi connectivity index (χ1) is 19.3. The number of hydrogen-bond acceptors (Lipinski definition) is 10. The topological polar surface area (TPSA) is 131 Å². The lowest BCUT2D eigenvalue weighted by molar-refractivity contribution is -0.274. The van der Waals surface area contributed by atoms with E-state index < -0.39 is 23.0 Å². The van der Waals surface area contributed by atoms with Gasteiger partial charge in [0, 0.05) is 22.6 Å². The van der Waals surface area contributed by atoms with Crippen molar-refractivity contribution in [1.82, 2.24) is 20.4 Å². The van der Waals surface area contributed by atoms with Gasteiger partial charge < -0.3 is 33.2 Å². The molecule has 11 nitrogen and oxygen atoms in total. The largest absolute Gasteiger partial charge is 0.478 e. The summed E-state index contributed by atoms with van der Waals surface area (Å²) in [6, 6.07) is 10.7. The van der Waals surface area contributed by atoms with E-state index >= 15 is 0 Å². The van der Waals surface area contributed by atoms with E-state index in [1.807, 2.05) is 39.0 Å². The molecule has 1 aliphatic heterocycles. The highest BCUT2D eigenvalue weighted by atomic mass is 35.5. The number of carbonyl (C=O) groups excluding carboxylic acids is 1. The van der Waals surface area contributed by atoms with E-state index in [-0.39, 0.29) is 24.3 Å². The van der Waals surface area contributed by atoms with Crippen LogP contribution in [0.2, 0.25) is 5.15 Å². The molecule has 218 valence electrons. The van der Waals surface area contributed by atoms with Crippen LogP contribution < -0.4 is 10.1 Å². The molecule has 1 saturated heterocycles. The first-order valence-electron chi connectivity index (χ1n) is 13.3. The molecule has 0 aliphatic carbocycles. The summed E-state index contributed by atoms with van der Waals surface area (Å²) in [4.78, 5) is 21.5. The molecule has 0 spiro atoms. The standard InChI is InChI=1S/C29H33ClN4O7/c1-7-10-36-23-14-19(13-22(30)31-23)25-32-24(34-41-25)17-8-9-20-18(11-17)12-21(39-20)29(15-37-28(5,6)38-16-29)33-26(35)40-27(2,3)4/h8-9,11-14H,7,10,15-16H2,1-6H3,(H,33,35). The molecule has 12 heteroatoms. The second-order valence-corrected chi connectivity index (χ2v) is 11.7. The average molecular weight is 585 g/mol. The minimum absolute atomic E-state index is 0.124. The lowest BCUT2D eigenvalue weighted by Gasteiger charge is -2.42. The van der Waals surface area contributed by atoms with Crippen LogP contribution in [0, 0.1) is 0 Å². The fraction of sp³-hybridized carbons (Fsp3) is 0.448. The number of benzene rings is 1. The van der Waals surface area contributed by atoms with Gasteiger partial charge in [0.1, 0.15) is 27.6 Å². The summed E-state index contributed by atoms with van der Waals surface area (Å²) in [6.45, 7) is 11.8. The summed E-state index contributed by atoms with van der Waals surface area (Å²) in [5.41, 5.74) is 0.111. The Balaban J connectivity index is 1.44. The molecule has 0 unspecified atom stereocenters. The van der Waals surface area contributed by atoms with Crippen LogP contribution in [0.5, 0.6) is 5.88 Å². The van der Waals surface area contributed by atoms with E-state index in [1.54, 1.807) is 39.0 Å². The van der Waals surface area contributed by atoms with Crippen LogP contribution in [-0.2, 0) is 19.7 Å². The van der Waals surface area contributed by atoms with Crippen molar-refractivity contribution in [3.05, 3.63) is 47.3 Å². The van der Waals surface area contributed by atoms with Gasteiger partial charge in [-0.25, -0.2) is 9.78 Å². The lowest BCUT2D eigenvalue weighted by atomic mass is 9.96. The summed E-state index contributed by atoms with van der Waals surface area (Å²) in [5, 5.41) is 8.10. The third-order valence-electron chi connectivity index (χ3n) is 6.22. The Hall–Kier alpha value is -3.67. The molecule has 5 rings (SSSR count). The van der Waals surface area contributed by atoms with Crippen LogP contribution >= 0.6 is 11.6 Å². The molecule has 1 N–H and O–H groups in total. The molecule has 0 bridgehead atoms. The first-order valence-corrected chi connectivity index (χ1v) is 13.7. The predicted molar refractivity (Wildman–Crippen MR) is 151 cm³/mol. The Bertz CT molecular complexity index is 1550. The quantitative estimate of drug-likeness (QED) is 0.240. The van der Waals surface area contributed by atoms with E-state index in [2.05, 4.69) is 20.4 Å². The number of fused-ring (bicyclic) bond motifs is 1. The van der Waals surface area contributed by atoms with Gasteiger partial charge in [-0.05, 0) is 71.4 Å². The summed E-state index contributed by atoms with van der Waals surface area (Å²) >= 11 is 6.18. The Morgan fingerprint density at radius 3 is 2.54 bits per heavy atom. The minimum atomic E-state index is -1.10. The van der Waals surface area contributed by atoms with Crippen LogP contribution in [0.3, 0.4) is 0 Å². The van der Waals surface area contributed by atoms with Gasteiger partial charge in [-0.2, -0.15) is 4.98 Å². The second-order valence-electron chi connectivity index (χ2n) is 11.3. The molecule has 1 amide bonds. The highest BCUT2D eigenvalue weighted by Crippen LogP contribution is 2.36. The number of furan rings is 1. The molecule has 41 heavy (non-hydrogen) atoms. The molecule has 1 aromatic carbocycles. The van der Waals surface area contributed by atoms with Crippen LogP contribution in [0.1, 0.15) is 53.7 Å². The van der Waals surface area contributed by atoms with Crippen LogP contribution in [0.15, 0.2) is 45.3 Å². The monoisotopic (exact) mass is 584 g/mol. The molecule has 1 fully saturated rings. The van der Waals surface area contributed by atoms with Crippen molar-refractivity contribution in [1.29, 1.82) is 0 Å². The third kappa shape index (κ3) is 6.64. The Kier molecular flexibility index (Phi) is 7.71. The highest BCUT2D eigenvalue weighted by Gasteiger charge is 2.46. The van der Waals surface area contributed by atoms with Gasteiger partial charge in [-0.3, -0.25) is 0 Å². The smallest absolute Gasteiger partial charge is 0.408 e. The van der Waals surface area contributed by atoms with Crippen molar-refractivity contribution in [2.45, 2.75) is 64.9 Å². The number of carbonyl (C=O) groups is 1. The van der Waals surface area contributed by atoms with Crippen molar-refractivity contribution in [3.8, 4) is 28.7 Å². The summed E-state index contributed by atoms with van der Waals surface area (Å²) < 4.78 is 34.7. The van der Waals surface area contributed by atoms with Crippen molar-refractivity contribution in [3.63, 3.8) is 0 Å². The van der Waals surface area contributed by atoms with Gasteiger partial charge in [0.2, 0.25) is 11.7 Å². The average Bonchev–Trinajstić information content (AvgIpc) is 3.55. The molecule has 4 heterocycles. The Labute approximate surface area is 242 Å².